The molecule has 146 valence electrons. The number of hydrogen-bond donors (Lipinski definition) is 3. The maximum atomic E-state index is 12.2. The molecule has 9 heteroatoms. The van der Waals surface area contributed by atoms with E-state index in [9.17, 15) is 9.59 Å². The minimum absolute atomic E-state index is 0.00668. The van der Waals surface area contributed by atoms with Crippen LogP contribution in [0, 0.1) is 5.92 Å². The van der Waals surface area contributed by atoms with Crippen molar-refractivity contribution in [3.63, 3.8) is 0 Å². The van der Waals surface area contributed by atoms with Gasteiger partial charge in [-0.05, 0) is 33.6 Å². The van der Waals surface area contributed by atoms with Gasteiger partial charge in [-0.2, -0.15) is 4.99 Å². The summed E-state index contributed by atoms with van der Waals surface area (Å²) in [5.41, 5.74) is -0.600. The molecule has 1 unspecified atom stereocenters. The first-order valence-corrected chi connectivity index (χ1v) is 8.73. The van der Waals surface area contributed by atoms with Gasteiger partial charge in [0.15, 0.2) is 5.82 Å². The third-order valence-corrected chi connectivity index (χ3v) is 3.86. The minimum atomic E-state index is -0.601. The molecule has 0 aromatic heterocycles. The molecule has 0 radical (unpaired) electrons. The molecule has 1 atom stereocenters. The molecular weight excluding hydrogens is 340 g/mol. The van der Waals surface area contributed by atoms with E-state index in [0.717, 1.165) is 12.8 Å². The van der Waals surface area contributed by atoms with Crippen LogP contribution in [0.3, 0.4) is 0 Å². The number of carbonyl (C=O) groups excluding carboxylic acids is 2. The summed E-state index contributed by atoms with van der Waals surface area (Å²) in [5, 5.41) is 8.53. The summed E-state index contributed by atoms with van der Waals surface area (Å²) in [6.07, 6.45) is 2.42. The highest BCUT2D eigenvalue weighted by molar-refractivity contribution is 5.86. The monoisotopic (exact) mass is 368 g/mol. The van der Waals surface area contributed by atoms with Crippen LogP contribution in [0.4, 0.5) is 4.79 Å². The van der Waals surface area contributed by atoms with E-state index >= 15 is 0 Å². The lowest BCUT2D eigenvalue weighted by Gasteiger charge is -2.26. The molecule has 2 aliphatic rings. The van der Waals surface area contributed by atoms with Crippen molar-refractivity contribution in [1.29, 1.82) is 0 Å². The number of aliphatic imine (C=N–C) groups is 1. The number of carbonyl (C=O) groups is 2. The van der Waals surface area contributed by atoms with E-state index in [-0.39, 0.29) is 23.7 Å². The molecule has 3 N–H and O–H groups in total. The first-order valence-electron chi connectivity index (χ1n) is 8.73. The van der Waals surface area contributed by atoms with Crippen molar-refractivity contribution in [3.05, 3.63) is 12.0 Å². The van der Waals surface area contributed by atoms with E-state index in [1.807, 2.05) is 0 Å². The highest BCUT2D eigenvalue weighted by atomic mass is 16.6. The highest BCUT2D eigenvalue weighted by Gasteiger charge is 2.26. The van der Waals surface area contributed by atoms with Crippen LogP contribution in [0.5, 0.6) is 0 Å². The predicted molar refractivity (Wildman–Crippen MR) is 95.4 cm³/mol. The van der Waals surface area contributed by atoms with Crippen LogP contribution < -0.4 is 16.0 Å². The summed E-state index contributed by atoms with van der Waals surface area (Å²) < 4.78 is 15.7. The van der Waals surface area contributed by atoms with Gasteiger partial charge in [-0.1, -0.05) is 0 Å². The number of hydrogen-bond acceptors (Lipinski definition) is 7. The maximum absolute atomic E-state index is 12.2. The topological polar surface area (TPSA) is 110 Å². The molecule has 0 spiro atoms. The van der Waals surface area contributed by atoms with Gasteiger partial charge < -0.3 is 24.8 Å². The van der Waals surface area contributed by atoms with Crippen molar-refractivity contribution in [2.75, 3.05) is 26.9 Å². The average molecular weight is 368 g/mol. The van der Waals surface area contributed by atoms with Crippen molar-refractivity contribution in [2.45, 2.75) is 45.3 Å². The summed E-state index contributed by atoms with van der Waals surface area (Å²) in [6.45, 7) is 6.91. The lowest BCUT2D eigenvalue weighted by molar-refractivity contribution is -0.127. The van der Waals surface area contributed by atoms with Gasteiger partial charge in [0.25, 0.3) is 0 Å². The van der Waals surface area contributed by atoms with E-state index in [2.05, 4.69) is 20.9 Å². The number of methoxy groups -OCH3 is 1. The van der Waals surface area contributed by atoms with Crippen molar-refractivity contribution in [1.82, 2.24) is 16.0 Å². The molecule has 2 amide bonds. The Morgan fingerprint density at radius 3 is 2.65 bits per heavy atom. The Morgan fingerprint density at radius 1 is 1.35 bits per heavy atom. The summed E-state index contributed by atoms with van der Waals surface area (Å²) in [4.78, 5) is 28.3. The van der Waals surface area contributed by atoms with E-state index in [1.54, 1.807) is 27.0 Å². The normalized spacial score (nSPS) is 21.0. The number of rotatable bonds is 4. The number of nitrogens with zero attached hydrogens (tertiary/aromatic N) is 1. The van der Waals surface area contributed by atoms with Gasteiger partial charge in [0.1, 0.15) is 11.6 Å². The van der Waals surface area contributed by atoms with Crippen LogP contribution in [0.25, 0.3) is 0 Å². The van der Waals surface area contributed by atoms with Crippen molar-refractivity contribution < 1.29 is 23.8 Å². The lowest BCUT2D eigenvalue weighted by Crippen LogP contribution is -2.48. The Labute approximate surface area is 153 Å². The Kier molecular flexibility index (Phi) is 6.84. The van der Waals surface area contributed by atoms with Crippen molar-refractivity contribution in [3.8, 4) is 0 Å². The smallest absolute Gasteiger partial charge is 0.413 e. The Balaban J connectivity index is 1.85. The Morgan fingerprint density at radius 2 is 2.04 bits per heavy atom. The molecule has 1 fully saturated rings. The zero-order valence-corrected chi connectivity index (χ0v) is 15.8. The maximum Gasteiger partial charge on any atom is 0.413 e. The molecule has 2 rings (SSSR count). The summed E-state index contributed by atoms with van der Waals surface area (Å²) >= 11 is 0. The van der Waals surface area contributed by atoms with Crippen LogP contribution in [0.1, 0.15) is 33.6 Å². The largest absolute Gasteiger partial charge is 0.482 e. The lowest BCUT2D eigenvalue weighted by atomic mass is 9.99. The first kappa shape index (κ1) is 20.0. The zero-order valence-electron chi connectivity index (χ0n) is 15.8. The minimum Gasteiger partial charge on any atom is -0.482 e. The molecule has 0 bridgehead atoms. The molecule has 0 aromatic rings. The molecule has 2 heterocycles. The fraction of sp³-hybridized carbons (Fsp3) is 0.706. The van der Waals surface area contributed by atoms with E-state index in [1.165, 1.54) is 7.11 Å². The molecule has 9 nitrogen and oxygen atoms in total. The highest BCUT2D eigenvalue weighted by Crippen LogP contribution is 2.14. The van der Waals surface area contributed by atoms with Gasteiger partial charge in [-0.25, -0.2) is 4.79 Å². The van der Waals surface area contributed by atoms with Gasteiger partial charge >= 0.3 is 6.09 Å². The second-order valence-electron chi connectivity index (χ2n) is 7.16. The predicted octanol–water partition coefficient (Wildman–Crippen LogP) is 0.870. The molecule has 0 aromatic carbocycles. The Hall–Kier alpha value is -2.29. The van der Waals surface area contributed by atoms with Crippen LogP contribution in [0.15, 0.2) is 17.0 Å². The number of amides is 2. The number of nitrogens with one attached hydrogen (secondary N) is 3. The average Bonchev–Trinajstić information content (AvgIpc) is 2.59. The van der Waals surface area contributed by atoms with Crippen LogP contribution in [-0.2, 0) is 19.0 Å². The quantitative estimate of drug-likeness (QED) is 0.679. The van der Waals surface area contributed by atoms with Gasteiger partial charge in [0, 0.05) is 31.9 Å². The third kappa shape index (κ3) is 6.21. The SMILES string of the molecule is COC1=NC(NC(=O)OC(C)(C)C)=CNC1CNC(=O)C1CCOCC1. The fourth-order valence-electron chi connectivity index (χ4n) is 2.59. The van der Waals surface area contributed by atoms with Crippen molar-refractivity contribution in [2.24, 2.45) is 10.9 Å². The van der Waals surface area contributed by atoms with Gasteiger partial charge in [-0.3, -0.25) is 10.1 Å². The summed E-state index contributed by atoms with van der Waals surface area (Å²) in [5.74, 6) is 0.636. The van der Waals surface area contributed by atoms with E-state index < -0.39 is 11.7 Å². The van der Waals surface area contributed by atoms with Gasteiger partial charge in [0.05, 0.1) is 7.11 Å². The first-order chi connectivity index (χ1) is 12.3. The van der Waals surface area contributed by atoms with Gasteiger partial charge in [0.2, 0.25) is 11.8 Å². The zero-order chi connectivity index (χ0) is 19.2. The molecule has 1 saturated heterocycles. The number of ether oxygens (including phenoxy) is 3. The fourth-order valence-corrected chi connectivity index (χ4v) is 2.59. The van der Waals surface area contributed by atoms with Crippen LogP contribution in [0.2, 0.25) is 0 Å². The second-order valence-corrected chi connectivity index (χ2v) is 7.16. The molecule has 0 aliphatic carbocycles. The third-order valence-electron chi connectivity index (χ3n) is 3.86. The summed E-state index contributed by atoms with van der Waals surface area (Å²) in [6, 6.07) is -0.312. The van der Waals surface area contributed by atoms with Gasteiger partial charge in [-0.15, -0.1) is 0 Å². The molecule has 0 saturated carbocycles. The molecule has 26 heavy (non-hydrogen) atoms. The Bertz CT molecular complexity index is 576. The second kappa shape index (κ2) is 8.88. The van der Waals surface area contributed by atoms with E-state index in [4.69, 9.17) is 14.2 Å². The van der Waals surface area contributed by atoms with Crippen LogP contribution >= 0.6 is 0 Å². The van der Waals surface area contributed by atoms with Crippen LogP contribution in [-0.4, -0.2) is 56.4 Å². The standard InChI is InChI=1S/C17H28N4O5/c1-17(2,3)26-16(23)21-13-10-18-12(15(20-13)24-4)9-19-14(22)11-5-7-25-8-6-11/h10-12,18H,5-9H2,1-4H3,(H,19,22)(H,21,23). The van der Waals surface area contributed by atoms with E-state index in [0.29, 0.717) is 25.7 Å². The summed E-state index contributed by atoms with van der Waals surface area (Å²) in [7, 11) is 1.49. The molecular formula is C17H28N4O5. The van der Waals surface area contributed by atoms with Crippen molar-refractivity contribution >= 4 is 17.9 Å². The number of alkyl carbamates (subject to hydrolysis) is 1. The molecule has 2 aliphatic heterocycles.